The molecule has 3 aromatic rings. The van der Waals surface area contributed by atoms with Gasteiger partial charge in [-0.15, -0.1) is 0 Å². The maximum Gasteiger partial charge on any atom is 0.242 e. The number of aromatic amines is 1. The van der Waals surface area contributed by atoms with Crippen LogP contribution < -0.4 is 0 Å². The first-order valence-electron chi connectivity index (χ1n) is 11.8. The summed E-state index contributed by atoms with van der Waals surface area (Å²) in [6.07, 6.45) is 3.20. The first kappa shape index (κ1) is 24.6. The molecule has 33 heavy (non-hydrogen) atoms. The van der Waals surface area contributed by atoms with E-state index in [9.17, 15) is 9.59 Å². The minimum absolute atomic E-state index is 0.0188. The number of carbonyl (C=O) groups is 2. The third-order valence-electron chi connectivity index (χ3n) is 5.83. The van der Waals surface area contributed by atoms with E-state index in [0.29, 0.717) is 19.5 Å². The lowest BCUT2D eigenvalue weighted by Crippen LogP contribution is -2.46. The number of hydrogen-bond acceptors (Lipinski definition) is 2. The van der Waals surface area contributed by atoms with Crippen molar-refractivity contribution in [3.05, 3.63) is 71.9 Å². The van der Waals surface area contributed by atoms with Gasteiger partial charge in [0.25, 0.3) is 0 Å². The van der Waals surface area contributed by atoms with Gasteiger partial charge in [0.2, 0.25) is 11.8 Å². The lowest BCUT2D eigenvalue weighted by Gasteiger charge is -2.32. The standard InChI is InChI=1S/C28H37N3O2/c1-21(2)31(26(32)17-28(3,4)5)20-27(33)30(19-22-11-7-6-8-12-22)16-15-23-18-29-25-14-10-9-13-24(23)25/h6-14,18,21,29H,15-17,19-20H2,1-5H3. The normalized spacial score (nSPS) is 11.7. The number of nitrogens with zero attached hydrogens (tertiary/aromatic N) is 2. The third-order valence-corrected chi connectivity index (χ3v) is 5.83. The molecule has 0 bridgehead atoms. The molecule has 0 atom stereocenters. The van der Waals surface area contributed by atoms with Crippen LogP contribution in [0.5, 0.6) is 0 Å². The average molecular weight is 448 g/mol. The molecule has 1 heterocycles. The van der Waals surface area contributed by atoms with Crippen LogP contribution in [0.15, 0.2) is 60.8 Å². The SMILES string of the molecule is CC(C)N(CC(=O)N(CCc1c[nH]c2ccccc12)Cc1ccccc1)C(=O)CC(C)(C)C. The Balaban J connectivity index is 1.77. The van der Waals surface area contributed by atoms with Crippen LogP contribution in [0.4, 0.5) is 0 Å². The molecule has 0 fully saturated rings. The Morgan fingerprint density at radius 3 is 2.27 bits per heavy atom. The molecule has 2 aromatic carbocycles. The Hall–Kier alpha value is -3.08. The Labute approximate surface area is 197 Å². The highest BCUT2D eigenvalue weighted by Gasteiger charge is 2.27. The van der Waals surface area contributed by atoms with Crippen molar-refractivity contribution in [1.29, 1.82) is 0 Å². The van der Waals surface area contributed by atoms with E-state index in [2.05, 4.69) is 17.1 Å². The summed E-state index contributed by atoms with van der Waals surface area (Å²) in [7, 11) is 0. The zero-order valence-electron chi connectivity index (χ0n) is 20.6. The molecule has 3 rings (SSSR count). The lowest BCUT2D eigenvalue weighted by molar-refractivity contribution is -0.143. The second-order valence-corrected chi connectivity index (χ2v) is 10.3. The molecule has 0 unspecified atom stereocenters. The van der Waals surface area contributed by atoms with Crippen LogP contribution in [0.1, 0.15) is 52.2 Å². The number of H-pyrrole nitrogens is 1. The van der Waals surface area contributed by atoms with Crippen LogP contribution in [0.3, 0.4) is 0 Å². The highest BCUT2D eigenvalue weighted by molar-refractivity contribution is 5.86. The number of nitrogens with one attached hydrogen (secondary N) is 1. The van der Waals surface area contributed by atoms with Crippen LogP contribution in [0.25, 0.3) is 10.9 Å². The number of para-hydroxylation sites is 1. The van der Waals surface area contributed by atoms with Crippen molar-refractivity contribution in [2.24, 2.45) is 5.41 Å². The van der Waals surface area contributed by atoms with Crippen LogP contribution in [0.2, 0.25) is 0 Å². The topological polar surface area (TPSA) is 56.4 Å². The van der Waals surface area contributed by atoms with Gasteiger partial charge >= 0.3 is 0 Å². The maximum atomic E-state index is 13.5. The summed E-state index contributed by atoms with van der Waals surface area (Å²) in [6.45, 7) is 11.3. The third kappa shape index (κ3) is 6.95. The smallest absolute Gasteiger partial charge is 0.242 e. The van der Waals surface area contributed by atoms with E-state index < -0.39 is 0 Å². The van der Waals surface area contributed by atoms with Crippen molar-refractivity contribution >= 4 is 22.7 Å². The summed E-state index contributed by atoms with van der Waals surface area (Å²) in [4.78, 5) is 33.4. The highest BCUT2D eigenvalue weighted by atomic mass is 16.2. The van der Waals surface area contributed by atoms with E-state index in [1.807, 2.05) is 88.2 Å². The van der Waals surface area contributed by atoms with Crippen molar-refractivity contribution < 1.29 is 9.59 Å². The molecule has 0 saturated carbocycles. The summed E-state index contributed by atoms with van der Waals surface area (Å²) < 4.78 is 0. The van der Waals surface area contributed by atoms with Crippen molar-refractivity contribution in [2.45, 2.75) is 60.0 Å². The number of amides is 2. The molecule has 0 radical (unpaired) electrons. The molecule has 5 nitrogen and oxygen atoms in total. The summed E-state index contributed by atoms with van der Waals surface area (Å²) in [5.41, 5.74) is 3.27. The van der Waals surface area contributed by atoms with E-state index >= 15 is 0 Å². The highest BCUT2D eigenvalue weighted by Crippen LogP contribution is 2.22. The Kier molecular flexibility index (Phi) is 7.96. The largest absolute Gasteiger partial charge is 0.361 e. The predicted molar refractivity (Wildman–Crippen MR) is 135 cm³/mol. The molecule has 5 heteroatoms. The lowest BCUT2D eigenvalue weighted by atomic mass is 9.91. The molecule has 0 aliphatic heterocycles. The fourth-order valence-corrected chi connectivity index (χ4v) is 4.05. The van der Waals surface area contributed by atoms with Crippen molar-refractivity contribution in [3.63, 3.8) is 0 Å². The van der Waals surface area contributed by atoms with Gasteiger partial charge in [-0.1, -0.05) is 69.3 Å². The van der Waals surface area contributed by atoms with E-state index in [0.717, 1.165) is 17.5 Å². The van der Waals surface area contributed by atoms with Gasteiger partial charge in [-0.3, -0.25) is 9.59 Å². The van der Waals surface area contributed by atoms with Gasteiger partial charge < -0.3 is 14.8 Å². The second kappa shape index (κ2) is 10.7. The van der Waals surface area contributed by atoms with Gasteiger partial charge in [-0.25, -0.2) is 0 Å². The molecule has 0 aliphatic rings. The van der Waals surface area contributed by atoms with E-state index in [1.54, 1.807) is 4.90 Å². The van der Waals surface area contributed by atoms with Crippen LogP contribution in [-0.4, -0.2) is 45.7 Å². The van der Waals surface area contributed by atoms with Crippen LogP contribution in [-0.2, 0) is 22.6 Å². The number of carbonyl (C=O) groups excluding carboxylic acids is 2. The van der Waals surface area contributed by atoms with Gasteiger partial charge in [0.1, 0.15) is 0 Å². The quantitative estimate of drug-likeness (QED) is 0.477. The fraction of sp³-hybridized carbons (Fsp3) is 0.429. The number of rotatable bonds is 9. The minimum Gasteiger partial charge on any atom is -0.361 e. The van der Waals surface area contributed by atoms with Gasteiger partial charge in [0.15, 0.2) is 0 Å². The summed E-state index contributed by atoms with van der Waals surface area (Å²) in [5.74, 6) is 0.0109. The maximum absolute atomic E-state index is 13.5. The zero-order chi connectivity index (χ0) is 24.0. The molecule has 1 N–H and O–H groups in total. The minimum atomic E-state index is -0.119. The summed E-state index contributed by atoms with van der Waals surface area (Å²) >= 11 is 0. The van der Waals surface area contributed by atoms with Crippen molar-refractivity contribution in [3.8, 4) is 0 Å². The molecule has 0 spiro atoms. The van der Waals surface area contributed by atoms with Gasteiger partial charge in [0, 0.05) is 42.7 Å². The monoisotopic (exact) mass is 447 g/mol. The van der Waals surface area contributed by atoms with E-state index in [-0.39, 0.29) is 29.8 Å². The van der Waals surface area contributed by atoms with E-state index in [4.69, 9.17) is 0 Å². The first-order valence-corrected chi connectivity index (χ1v) is 11.8. The average Bonchev–Trinajstić information content (AvgIpc) is 3.17. The molecular formula is C28H37N3O2. The Morgan fingerprint density at radius 1 is 0.939 bits per heavy atom. The van der Waals surface area contributed by atoms with Gasteiger partial charge in [0.05, 0.1) is 6.54 Å². The van der Waals surface area contributed by atoms with Gasteiger partial charge in [-0.05, 0) is 42.9 Å². The Bertz CT molecular complexity index is 1060. The van der Waals surface area contributed by atoms with E-state index in [1.165, 1.54) is 10.9 Å². The van der Waals surface area contributed by atoms with Crippen molar-refractivity contribution in [1.82, 2.24) is 14.8 Å². The number of benzene rings is 2. The van der Waals surface area contributed by atoms with Crippen LogP contribution in [0, 0.1) is 5.41 Å². The first-order chi connectivity index (χ1) is 15.6. The zero-order valence-corrected chi connectivity index (χ0v) is 20.6. The molecule has 2 amide bonds. The number of aromatic nitrogens is 1. The van der Waals surface area contributed by atoms with Crippen LogP contribution >= 0.6 is 0 Å². The van der Waals surface area contributed by atoms with Crippen molar-refractivity contribution in [2.75, 3.05) is 13.1 Å². The second-order valence-electron chi connectivity index (χ2n) is 10.3. The summed E-state index contributed by atoms with van der Waals surface area (Å²) in [6, 6.07) is 18.2. The number of fused-ring (bicyclic) bond motifs is 1. The molecule has 0 saturated heterocycles. The molecule has 176 valence electrons. The Morgan fingerprint density at radius 2 is 1.61 bits per heavy atom. The molecular weight excluding hydrogens is 410 g/mol. The fourth-order valence-electron chi connectivity index (χ4n) is 4.05. The summed E-state index contributed by atoms with van der Waals surface area (Å²) in [5, 5.41) is 1.19. The van der Waals surface area contributed by atoms with Gasteiger partial charge in [-0.2, -0.15) is 0 Å². The predicted octanol–water partition coefficient (Wildman–Crippen LogP) is 5.41. The molecule has 0 aliphatic carbocycles. The number of hydrogen-bond donors (Lipinski definition) is 1. The molecule has 1 aromatic heterocycles.